The van der Waals surface area contributed by atoms with Crippen molar-refractivity contribution in [2.24, 2.45) is 5.73 Å². The van der Waals surface area contributed by atoms with Crippen molar-refractivity contribution >= 4 is 10.8 Å². The molecule has 2 N–H and O–H groups in total. The van der Waals surface area contributed by atoms with E-state index in [2.05, 4.69) is 0 Å². The Bertz CT molecular complexity index is 321. The van der Waals surface area contributed by atoms with Crippen LogP contribution in [-0.2, 0) is 10.8 Å². The Morgan fingerprint density at radius 2 is 2.21 bits per heavy atom. The summed E-state index contributed by atoms with van der Waals surface area (Å²) < 4.78 is 12.0. The van der Waals surface area contributed by atoms with Gasteiger partial charge in [0.2, 0.25) is 0 Å². The van der Waals surface area contributed by atoms with E-state index in [1.807, 2.05) is 38.1 Å². The van der Waals surface area contributed by atoms with Crippen LogP contribution in [0.5, 0.6) is 0 Å². The van der Waals surface area contributed by atoms with Crippen LogP contribution < -0.4 is 5.73 Å². The van der Waals surface area contributed by atoms with Crippen LogP contribution in [0.4, 0.5) is 0 Å². The van der Waals surface area contributed by atoms with E-state index >= 15 is 0 Å². The monoisotopic (exact) mass is 211 g/mol. The maximum absolute atomic E-state index is 12.0. The fourth-order valence-corrected chi connectivity index (χ4v) is 2.72. The second-order valence-electron chi connectivity index (χ2n) is 3.38. The van der Waals surface area contributed by atoms with Crippen molar-refractivity contribution in [1.82, 2.24) is 0 Å². The fraction of sp³-hybridized carbons (Fsp3) is 0.455. The molecule has 0 saturated heterocycles. The second-order valence-corrected chi connectivity index (χ2v) is 5.11. The molecule has 0 fully saturated rings. The first kappa shape index (κ1) is 11.4. The van der Waals surface area contributed by atoms with E-state index in [0.717, 1.165) is 16.9 Å². The van der Waals surface area contributed by atoms with Gasteiger partial charge in [-0.05, 0) is 31.0 Å². The fourth-order valence-electron chi connectivity index (χ4n) is 1.34. The molecular formula is C11H17NOS. The van der Waals surface area contributed by atoms with Gasteiger partial charge in [0.05, 0.1) is 16.0 Å². The molecule has 1 rings (SSSR count). The first-order valence-electron chi connectivity index (χ1n) is 4.86. The summed E-state index contributed by atoms with van der Waals surface area (Å²) in [6.45, 7) is 4.51. The van der Waals surface area contributed by atoms with Gasteiger partial charge in [0, 0.05) is 11.4 Å². The third-order valence-corrected chi connectivity index (χ3v) is 4.09. The van der Waals surface area contributed by atoms with Crippen LogP contribution in [0.2, 0.25) is 0 Å². The minimum atomic E-state index is -0.957. The molecule has 0 amide bonds. The number of rotatable bonds is 4. The molecule has 3 heteroatoms. The highest BCUT2D eigenvalue weighted by atomic mass is 32.2. The average molecular weight is 211 g/mol. The quantitative estimate of drug-likeness (QED) is 0.825. The van der Waals surface area contributed by atoms with E-state index in [0.29, 0.717) is 6.54 Å². The number of hydrogen-bond acceptors (Lipinski definition) is 2. The third kappa shape index (κ3) is 2.66. The molecule has 1 aromatic rings. The van der Waals surface area contributed by atoms with Gasteiger partial charge < -0.3 is 5.73 Å². The van der Waals surface area contributed by atoms with Gasteiger partial charge in [-0.25, -0.2) is 0 Å². The van der Waals surface area contributed by atoms with Gasteiger partial charge in [-0.2, -0.15) is 0 Å². The summed E-state index contributed by atoms with van der Waals surface area (Å²) in [5, 5.41) is 0.0804. The van der Waals surface area contributed by atoms with Crippen molar-refractivity contribution in [1.29, 1.82) is 0 Å². The van der Waals surface area contributed by atoms with Crippen molar-refractivity contribution in [2.45, 2.75) is 30.4 Å². The first-order chi connectivity index (χ1) is 6.69. The predicted octanol–water partition coefficient (Wildman–Crippen LogP) is 1.84. The number of aryl methyl sites for hydroxylation is 1. The topological polar surface area (TPSA) is 43.1 Å². The molecule has 0 heterocycles. The van der Waals surface area contributed by atoms with E-state index in [9.17, 15) is 4.21 Å². The van der Waals surface area contributed by atoms with E-state index in [1.165, 1.54) is 0 Å². The Labute approximate surface area is 88.0 Å². The van der Waals surface area contributed by atoms with Gasteiger partial charge in [-0.3, -0.25) is 4.21 Å². The summed E-state index contributed by atoms with van der Waals surface area (Å²) in [5.41, 5.74) is 6.71. The molecule has 0 aliphatic carbocycles. The molecule has 0 radical (unpaired) electrons. The van der Waals surface area contributed by atoms with E-state index in [4.69, 9.17) is 5.73 Å². The SMILES string of the molecule is CCC(CN)S(=O)c1cccc(C)c1. The van der Waals surface area contributed by atoms with Gasteiger partial charge in [-0.15, -0.1) is 0 Å². The lowest BCUT2D eigenvalue weighted by molar-refractivity contribution is 0.664. The molecule has 0 aromatic heterocycles. The van der Waals surface area contributed by atoms with Crippen molar-refractivity contribution in [2.75, 3.05) is 6.54 Å². The van der Waals surface area contributed by atoms with Crippen LogP contribution >= 0.6 is 0 Å². The number of nitrogens with two attached hydrogens (primary N) is 1. The van der Waals surface area contributed by atoms with E-state index in [-0.39, 0.29) is 5.25 Å². The lowest BCUT2D eigenvalue weighted by atomic mass is 10.2. The van der Waals surface area contributed by atoms with Crippen LogP contribution in [0, 0.1) is 6.92 Å². The molecule has 2 unspecified atom stereocenters. The van der Waals surface area contributed by atoms with Gasteiger partial charge in [0.15, 0.2) is 0 Å². The maximum atomic E-state index is 12.0. The molecule has 0 bridgehead atoms. The predicted molar refractivity (Wildman–Crippen MR) is 60.7 cm³/mol. The highest BCUT2D eigenvalue weighted by molar-refractivity contribution is 7.85. The molecule has 0 aliphatic heterocycles. The Hall–Kier alpha value is -0.670. The molecule has 2 atom stereocenters. The Morgan fingerprint density at radius 3 is 2.71 bits per heavy atom. The van der Waals surface area contributed by atoms with Gasteiger partial charge in [0.1, 0.15) is 0 Å². The summed E-state index contributed by atoms with van der Waals surface area (Å²) in [6, 6.07) is 7.81. The average Bonchev–Trinajstić information content (AvgIpc) is 2.19. The van der Waals surface area contributed by atoms with Gasteiger partial charge in [0.25, 0.3) is 0 Å². The zero-order valence-corrected chi connectivity index (χ0v) is 9.51. The molecule has 78 valence electrons. The van der Waals surface area contributed by atoms with Crippen molar-refractivity contribution in [3.05, 3.63) is 29.8 Å². The van der Waals surface area contributed by atoms with Crippen LogP contribution in [0.1, 0.15) is 18.9 Å². The molecule has 0 saturated carbocycles. The van der Waals surface area contributed by atoms with Crippen LogP contribution in [0.3, 0.4) is 0 Å². The van der Waals surface area contributed by atoms with Gasteiger partial charge in [-0.1, -0.05) is 19.1 Å². The summed E-state index contributed by atoms with van der Waals surface area (Å²) in [5.74, 6) is 0. The van der Waals surface area contributed by atoms with Crippen LogP contribution in [-0.4, -0.2) is 16.0 Å². The summed E-state index contributed by atoms with van der Waals surface area (Å²) in [4.78, 5) is 0.891. The standard InChI is InChI=1S/C11H17NOS/c1-3-10(8-12)14(13)11-6-4-5-9(2)7-11/h4-7,10H,3,8,12H2,1-2H3. The molecule has 1 aromatic carbocycles. The highest BCUT2D eigenvalue weighted by Crippen LogP contribution is 2.14. The van der Waals surface area contributed by atoms with Crippen LogP contribution in [0.15, 0.2) is 29.2 Å². The van der Waals surface area contributed by atoms with Crippen molar-refractivity contribution in [3.63, 3.8) is 0 Å². The summed E-state index contributed by atoms with van der Waals surface area (Å²) in [7, 11) is -0.957. The zero-order valence-electron chi connectivity index (χ0n) is 8.69. The zero-order chi connectivity index (χ0) is 10.6. The third-order valence-electron chi connectivity index (χ3n) is 2.24. The minimum Gasteiger partial charge on any atom is -0.329 e. The van der Waals surface area contributed by atoms with Crippen molar-refractivity contribution < 1.29 is 4.21 Å². The van der Waals surface area contributed by atoms with Crippen LogP contribution in [0.25, 0.3) is 0 Å². The number of benzene rings is 1. The highest BCUT2D eigenvalue weighted by Gasteiger charge is 2.14. The lowest BCUT2D eigenvalue weighted by Gasteiger charge is -2.12. The Balaban J connectivity index is 2.88. The molecule has 0 spiro atoms. The Morgan fingerprint density at radius 1 is 1.50 bits per heavy atom. The molecule has 2 nitrogen and oxygen atoms in total. The van der Waals surface area contributed by atoms with Crippen molar-refractivity contribution in [3.8, 4) is 0 Å². The number of hydrogen-bond donors (Lipinski definition) is 1. The molecule has 14 heavy (non-hydrogen) atoms. The van der Waals surface area contributed by atoms with E-state index in [1.54, 1.807) is 0 Å². The largest absolute Gasteiger partial charge is 0.329 e. The summed E-state index contributed by atoms with van der Waals surface area (Å²) in [6.07, 6.45) is 0.858. The maximum Gasteiger partial charge on any atom is 0.0573 e. The molecule has 0 aliphatic rings. The summed E-state index contributed by atoms with van der Waals surface area (Å²) >= 11 is 0. The second kappa shape index (κ2) is 5.27. The molecular weight excluding hydrogens is 194 g/mol. The first-order valence-corrected chi connectivity index (χ1v) is 6.07. The Kier molecular flexibility index (Phi) is 4.29. The van der Waals surface area contributed by atoms with Gasteiger partial charge >= 0.3 is 0 Å². The smallest absolute Gasteiger partial charge is 0.0573 e. The normalized spacial score (nSPS) is 15.1. The van der Waals surface area contributed by atoms with E-state index < -0.39 is 10.8 Å². The minimum absolute atomic E-state index is 0.0804. The lowest BCUT2D eigenvalue weighted by Crippen LogP contribution is -2.24.